The third-order valence-corrected chi connectivity index (χ3v) is 5.04. The Kier molecular flexibility index (Phi) is 5.63. The standard InChI is InChI=1S/C18H19ClN2O3S/c19-16-6-7-18(21-9-11-24-12-10-21)17(14-16)20-25(22,23)13-8-15-4-2-1-3-5-15/h1-8,13-14,20H,9-12H2/b13-8-. The molecule has 0 atom stereocenters. The van der Waals surface area contributed by atoms with Gasteiger partial charge in [-0.2, -0.15) is 0 Å². The second-order valence-electron chi connectivity index (χ2n) is 5.62. The quantitative estimate of drug-likeness (QED) is 0.863. The van der Waals surface area contributed by atoms with Crippen LogP contribution < -0.4 is 9.62 Å². The molecule has 2 aromatic rings. The van der Waals surface area contributed by atoms with Crippen LogP contribution in [0.4, 0.5) is 11.4 Å². The van der Waals surface area contributed by atoms with Crippen molar-refractivity contribution in [3.05, 3.63) is 64.5 Å². The van der Waals surface area contributed by atoms with Gasteiger partial charge in [-0.05, 0) is 29.8 Å². The second kappa shape index (κ2) is 7.91. The number of hydrogen-bond acceptors (Lipinski definition) is 4. The zero-order chi connectivity index (χ0) is 17.7. The van der Waals surface area contributed by atoms with Crippen molar-refractivity contribution < 1.29 is 13.2 Å². The fraction of sp³-hybridized carbons (Fsp3) is 0.222. The van der Waals surface area contributed by atoms with E-state index in [0.29, 0.717) is 37.0 Å². The fourth-order valence-corrected chi connectivity index (χ4v) is 3.64. The molecule has 1 saturated heterocycles. The molecule has 0 aliphatic carbocycles. The molecule has 1 heterocycles. The molecule has 0 spiro atoms. The lowest BCUT2D eigenvalue weighted by Crippen LogP contribution is -2.36. The monoisotopic (exact) mass is 378 g/mol. The highest BCUT2D eigenvalue weighted by atomic mass is 35.5. The predicted octanol–water partition coefficient (Wildman–Crippen LogP) is 3.59. The molecule has 1 fully saturated rings. The summed E-state index contributed by atoms with van der Waals surface area (Å²) in [5.41, 5.74) is 2.07. The largest absolute Gasteiger partial charge is 0.378 e. The molecule has 25 heavy (non-hydrogen) atoms. The van der Waals surface area contributed by atoms with E-state index >= 15 is 0 Å². The van der Waals surface area contributed by atoms with E-state index < -0.39 is 10.0 Å². The molecule has 0 saturated carbocycles. The van der Waals surface area contributed by atoms with Crippen LogP contribution in [0.25, 0.3) is 6.08 Å². The number of sulfonamides is 1. The number of morpholine rings is 1. The third-order valence-electron chi connectivity index (χ3n) is 3.80. The maximum atomic E-state index is 12.4. The van der Waals surface area contributed by atoms with Crippen molar-refractivity contribution >= 4 is 39.1 Å². The van der Waals surface area contributed by atoms with Crippen molar-refractivity contribution in [1.29, 1.82) is 0 Å². The van der Waals surface area contributed by atoms with Gasteiger partial charge in [-0.3, -0.25) is 4.72 Å². The summed E-state index contributed by atoms with van der Waals surface area (Å²) in [6.07, 6.45) is 1.56. The van der Waals surface area contributed by atoms with Gasteiger partial charge in [0.1, 0.15) is 0 Å². The normalized spacial score (nSPS) is 15.5. The Morgan fingerprint density at radius 3 is 2.52 bits per heavy atom. The van der Waals surface area contributed by atoms with Crippen LogP contribution in [0.1, 0.15) is 5.56 Å². The number of rotatable bonds is 5. The molecule has 3 rings (SSSR count). The zero-order valence-electron chi connectivity index (χ0n) is 13.6. The molecule has 1 aliphatic heterocycles. The highest BCUT2D eigenvalue weighted by molar-refractivity contribution is 7.95. The van der Waals surface area contributed by atoms with Crippen molar-refractivity contribution in [2.45, 2.75) is 0 Å². The van der Waals surface area contributed by atoms with Gasteiger partial charge >= 0.3 is 0 Å². The molecular formula is C18H19ClN2O3S. The van der Waals surface area contributed by atoms with Crippen LogP contribution in [0.2, 0.25) is 5.02 Å². The van der Waals surface area contributed by atoms with Crippen LogP contribution in [0.3, 0.4) is 0 Å². The van der Waals surface area contributed by atoms with Crippen molar-refractivity contribution in [2.24, 2.45) is 0 Å². The number of benzene rings is 2. The molecule has 1 aliphatic rings. The van der Waals surface area contributed by atoms with Crippen LogP contribution in [-0.2, 0) is 14.8 Å². The van der Waals surface area contributed by atoms with Gasteiger partial charge in [0.15, 0.2) is 0 Å². The van der Waals surface area contributed by atoms with E-state index in [4.69, 9.17) is 16.3 Å². The van der Waals surface area contributed by atoms with E-state index in [2.05, 4.69) is 9.62 Å². The van der Waals surface area contributed by atoms with E-state index in [-0.39, 0.29) is 0 Å². The van der Waals surface area contributed by atoms with E-state index in [0.717, 1.165) is 16.7 Å². The average Bonchev–Trinajstić information content (AvgIpc) is 2.62. The first-order valence-corrected chi connectivity index (χ1v) is 9.84. The molecule has 0 unspecified atom stereocenters. The first kappa shape index (κ1) is 17.8. The molecule has 0 amide bonds. The van der Waals surface area contributed by atoms with Crippen LogP contribution >= 0.6 is 11.6 Å². The van der Waals surface area contributed by atoms with Crippen molar-refractivity contribution in [1.82, 2.24) is 0 Å². The lowest BCUT2D eigenvalue weighted by atomic mass is 10.2. The summed E-state index contributed by atoms with van der Waals surface area (Å²) in [4.78, 5) is 2.08. The summed E-state index contributed by atoms with van der Waals surface area (Å²) >= 11 is 6.06. The number of halogens is 1. The minimum Gasteiger partial charge on any atom is -0.378 e. The number of nitrogens with zero attached hydrogens (tertiary/aromatic N) is 1. The van der Waals surface area contributed by atoms with Crippen molar-refractivity contribution in [3.63, 3.8) is 0 Å². The van der Waals surface area contributed by atoms with Gasteiger partial charge < -0.3 is 9.64 Å². The van der Waals surface area contributed by atoms with E-state index in [1.807, 2.05) is 36.4 Å². The van der Waals surface area contributed by atoms with E-state index in [9.17, 15) is 8.42 Å². The minimum atomic E-state index is -3.66. The number of anilines is 2. The highest BCUT2D eigenvalue weighted by Gasteiger charge is 2.17. The predicted molar refractivity (Wildman–Crippen MR) is 103 cm³/mol. The van der Waals surface area contributed by atoms with Crippen molar-refractivity contribution in [3.8, 4) is 0 Å². The molecule has 0 radical (unpaired) electrons. The topological polar surface area (TPSA) is 58.6 Å². The SMILES string of the molecule is O=S(=O)(/C=C\c1ccccc1)Nc1cc(Cl)ccc1N1CCOCC1. The van der Waals surface area contributed by atoms with Gasteiger partial charge in [0, 0.05) is 18.1 Å². The zero-order valence-corrected chi connectivity index (χ0v) is 15.1. The molecule has 132 valence electrons. The first-order valence-electron chi connectivity index (χ1n) is 7.92. The molecule has 5 nitrogen and oxygen atoms in total. The molecule has 1 N–H and O–H groups in total. The van der Waals surface area contributed by atoms with Gasteiger partial charge in [0.25, 0.3) is 10.0 Å². The van der Waals surface area contributed by atoms with Crippen LogP contribution in [0.15, 0.2) is 53.9 Å². The number of nitrogens with one attached hydrogen (secondary N) is 1. The fourth-order valence-electron chi connectivity index (χ4n) is 2.59. The Balaban J connectivity index is 1.83. The third kappa shape index (κ3) is 4.98. The second-order valence-corrected chi connectivity index (χ2v) is 7.62. The Morgan fingerprint density at radius 1 is 1.08 bits per heavy atom. The summed E-state index contributed by atoms with van der Waals surface area (Å²) in [5, 5.41) is 1.63. The Bertz CT molecular complexity index is 848. The summed E-state index contributed by atoms with van der Waals surface area (Å²) in [6.45, 7) is 2.64. The van der Waals surface area contributed by atoms with Gasteiger partial charge in [0.05, 0.1) is 30.0 Å². The van der Waals surface area contributed by atoms with Gasteiger partial charge in [0.2, 0.25) is 0 Å². The van der Waals surface area contributed by atoms with Crippen LogP contribution in [0.5, 0.6) is 0 Å². The van der Waals surface area contributed by atoms with E-state index in [1.165, 1.54) is 0 Å². The highest BCUT2D eigenvalue weighted by Crippen LogP contribution is 2.30. The van der Waals surface area contributed by atoms with Gasteiger partial charge in [-0.25, -0.2) is 8.42 Å². The van der Waals surface area contributed by atoms with Crippen molar-refractivity contribution in [2.75, 3.05) is 35.9 Å². The van der Waals surface area contributed by atoms with Gasteiger partial charge in [-0.1, -0.05) is 41.9 Å². The summed E-state index contributed by atoms with van der Waals surface area (Å²) < 4.78 is 32.8. The summed E-state index contributed by atoms with van der Waals surface area (Å²) in [7, 11) is -3.66. The van der Waals surface area contributed by atoms with Crippen LogP contribution in [0, 0.1) is 0 Å². The van der Waals surface area contributed by atoms with E-state index in [1.54, 1.807) is 18.2 Å². The smallest absolute Gasteiger partial charge is 0.255 e. The molecule has 2 aromatic carbocycles. The molecule has 0 aromatic heterocycles. The van der Waals surface area contributed by atoms with Crippen LogP contribution in [-0.4, -0.2) is 34.7 Å². The Morgan fingerprint density at radius 2 is 1.80 bits per heavy atom. The minimum absolute atomic E-state index is 0.465. The average molecular weight is 379 g/mol. The summed E-state index contributed by atoms with van der Waals surface area (Å²) in [6, 6.07) is 14.5. The maximum absolute atomic E-state index is 12.4. The summed E-state index contributed by atoms with van der Waals surface area (Å²) in [5.74, 6) is 0. The molecule has 7 heteroatoms. The lowest BCUT2D eigenvalue weighted by Gasteiger charge is -2.30. The lowest BCUT2D eigenvalue weighted by molar-refractivity contribution is 0.123. The number of ether oxygens (including phenoxy) is 1. The Hall–Kier alpha value is -2.02. The molecule has 0 bridgehead atoms. The Labute approximate surface area is 152 Å². The maximum Gasteiger partial charge on any atom is 0.255 e. The number of hydrogen-bond donors (Lipinski definition) is 1. The molecular weight excluding hydrogens is 360 g/mol. The first-order chi connectivity index (χ1) is 12.0. The van der Waals surface area contributed by atoms with Gasteiger partial charge in [-0.15, -0.1) is 0 Å².